The lowest BCUT2D eigenvalue weighted by Crippen LogP contribution is -2.55. The van der Waals surface area contributed by atoms with Gasteiger partial charge in [0.2, 0.25) is 0 Å². The number of aromatic nitrogens is 4. The summed E-state index contributed by atoms with van der Waals surface area (Å²) in [6, 6.07) is 2.03. The lowest BCUT2D eigenvalue weighted by Gasteiger charge is -2.40. The monoisotopic (exact) mass is 372 g/mol. The van der Waals surface area contributed by atoms with Crippen molar-refractivity contribution in [1.82, 2.24) is 24.6 Å². The van der Waals surface area contributed by atoms with E-state index >= 15 is 0 Å². The second-order valence-electron chi connectivity index (χ2n) is 8.04. The molecule has 0 radical (unpaired) electrons. The molecule has 1 aliphatic rings. The minimum Gasteiger partial charge on any atom is -0.444 e. The van der Waals surface area contributed by atoms with E-state index in [0.717, 1.165) is 17.2 Å². The van der Waals surface area contributed by atoms with E-state index in [1.54, 1.807) is 22.0 Å². The van der Waals surface area contributed by atoms with Crippen molar-refractivity contribution in [3.8, 4) is 5.82 Å². The van der Waals surface area contributed by atoms with Crippen LogP contribution < -0.4 is 4.90 Å². The van der Waals surface area contributed by atoms with Crippen molar-refractivity contribution in [3.05, 3.63) is 29.8 Å². The molecule has 1 aliphatic heterocycles. The average Bonchev–Trinajstić information content (AvgIpc) is 2.91. The van der Waals surface area contributed by atoms with Crippen LogP contribution in [0.5, 0.6) is 0 Å². The fourth-order valence-electron chi connectivity index (χ4n) is 3.22. The van der Waals surface area contributed by atoms with Gasteiger partial charge in [0.15, 0.2) is 5.82 Å². The highest BCUT2D eigenvalue weighted by Crippen LogP contribution is 2.20. The Morgan fingerprint density at radius 1 is 1.19 bits per heavy atom. The molecule has 0 bridgehead atoms. The van der Waals surface area contributed by atoms with Gasteiger partial charge < -0.3 is 14.5 Å². The lowest BCUT2D eigenvalue weighted by atomic mass is 10.2. The summed E-state index contributed by atoms with van der Waals surface area (Å²) in [7, 11) is 0. The van der Waals surface area contributed by atoms with Crippen molar-refractivity contribution in [2.24, 2.45) is 0 Å². The molecular formula is C19H28N6O2. The Labute approximate surface area is 160 Å². The van der Waals surface area contributed by atoms with E-state index in [9.17, 15) is 4.79 Å². The highest BCUT2D eigenvalue weighted by molar-refractivity contribution is 5.69. The topological polar surface area (TPSA) is 76.4 Å². The van der Waals surface area contributed by atoms with Gasteiger partial charge in [0.05, 0.1) is 18.1 Å². The largest absolute Gasteiger partial charge is 0.444 e. The van der Waals surface area contributed by atoms with Gasteiger partial charge >= 0.3 is 6.09 Å². The van der Waals surface area contributed by atoms with Gasteiger partial charge in [0.1, 0.15) is 11.4 Å². The number of aryl methyl sites for hydroxylation is 2. The van der Waals surface area contributed by atoms with Crippen molar-refractivity contribution in [2.75, 3.05) is 24.5 Å². The number of hydrogen-bond donors (Lipinski definition) is 0. The van der Waals surface area contributed by atoms with Crippen LogP contribution in [0.1, 0.15) is 39.1 Å². The number of carbonyl (C=O) groups excluding carboxylic acids is 1. The number of rotatable bonds is 2. The third kappa shape index (κ3) is 4.37. The van der Waals surface area contributed by atoms with Crippen LogP contribution in [0.15, 0.2) is 18.5 Å². The van der Waals surface area contributed by atoms with E-state index in [2.05, 4.69) is 15.0 Å². The number of ether oxygens (including phenoxy) is 1. The molecule has 1 saturated heterocycles. The van der Waals surface area contributed by atoms with E-state index in [1.165, 1.54) is 0 Å². The summed E-state index contributed by atoms with van der Waals surface area (Å²) < 4.78 is 7.31. The van der Waals surface area contributed by atoms with Crippen molar-refractivity contribution >= 4 is 11.9 Å². The van der Waals surface area contributed by atoms with Gasteiger partial charge in [-0.15, -0.1) is 0 Å². The number of nitrogens with zero attached hydrogens (tertiary/aromatic N) is 6. The second-order valence-corrected chi connectivity index (χ2v) is 8.04. The van der Waals surface area contributed by atoms with Gasteiger partial charge in [-0.05, 0) is 47.6 Å². The first-order chi connectivity index (χ1) is 12.6. The molecule has 27 heavy (non-hydrogen) atoms. The minimum atomic E-state index is -0.493. The molecule has 2 aromatic rings. The Morgan fingerprint density at radius 3 is 2.48 bits per heavy atom. The van der Waals surface area contributed by atoms with E-state index in [4.69, 9.17) is 9.72 Å². The van der Waals surface area contributed by atoms with Crippen molar-refractivity contribution in [1.29, 1.82) is 0 Å². The van der Waals surface area contributed by atoms with Crippen LogP contribution in [0.4, 0.5) is 10.6 Å². The van der Waals surface area contributed by atoms with Crippen LogP contribution in [-0.2, 0) is 4.74 Å². The molecule has 3 heterocycles. The van der Waals surface area contributed by atoms with E-state index in [1.807, 2.05) is 47.6 Å². The summed E-state index contributed by atoms with van der Waals surface area (Å²) in [5.74, 6) is 1.48. The average molecular weight is 372 g/mol. The number of hydrogen-bond acceptors (Lipinski definition) is 6. The van der Waals surface area contributed by atoms with Crippen LogP contribution in [0.2, 0.25) is 0 Å². The molecule has 8 heteroatoms. The lowest BCUT2D eigenvalue weighted by molar-refractivity contribution is 0.0158. The maximum absolute atomic E-state index is 12.4. The molecule has 0 aromatic carbocycles. The van der Waals surface area contributed by atoms with Crippen LogP contribution in [0.3, 0.4) is 0 Å². The summed E-state index contributed by atoms with van der Waals surface area (Å²) in [5.41, 5.74) is 1.47. The van der Waals surface area contributed by atoms with E-state index < -0.39 is 5.60 Å². The van der Waals surface area contributed by atoms with Gasteiger partial charge in [0, 0.05) is 31.4 Å². The Balaban J connectivity index is 1.73. The summed E-state index contributed by atoms with van der Waals surface area (Å²) in [5, 5.41) is 4.48. The minimum absolute atomic E-state index is 0.0211. The van der Waals surface area contributed by atoms with Crippen LogP contribution in [0, 0.1) is 13.8 Å². The van der Waals surface area contributed by atoms with Gasteiger partial charge in [-0.2, -0.15) is 5.10 Å². The summed E-state index contributed by atoms with van der Waals surface area (Å²) in [6.07, 6.45) is 3.20. The first-order valence-electron chi connectivity index (χ1n) is 9.24. The van der Waals surface area contributed by atoms with E-state index in [-0.39, 0.29) is 12.1 Å². The zero-order valence-electron chi connectivity index (χ0n) is 16.9. The van der Waals surface area contributed by atoms with E-state index in [0.29, 0.717) is 25.5 Å². The quantitative estimate of drug-likeness (QED) is 0.807. The Morgan fingerprint density at radius 2 is 1.89 bits per heavy atom. The van der Waals surface area contributed by atoms with Gasteiger partial charge in [0.25, 0.3) is 0 Å². The van der Waals surface area contributed by atoms with Crippen molar-refractivity contribution in [3.63, 3.8) is 0 Å². The molecular weight excluding hydrogens is 344 g/mol. The van der Waals surface area contributed by atoms with Crippen molar-refractivity contribution in [2.45, 2.75) is 53.2 Å². The molecule has 0 aliphatic carbocycles. The predicted octanol–water partition coefficient (Wildman–Crippen LogP) is 2.72. The molecule has 3 rings (SSSR count). The molecule has 0 N–H and O–H groups in total. The van der Waals surface area contributed by atoms with Crippen LogP contribution >= 0.6 is 0 Å². The Kier molecular flexibility index (Phi) is 5.08. The maximum atomic E-state index is 12.4. The van der Waals surface area contributed by atoms with Crippen LogP contribution in [-0.4, -0.2) is 62.0 Å². The molecule has 146 valence electrons. The van der Waals surface area contributed by atoms with Gasteiger partial charge in [-0.1, -0.05) is 0 Å². The number of anilines is 1. The zero-order valence-corrected chi connectivity index (χ0v) is 16.9. The van der Waals surface area contributed by atoms with Crippen LogP contribution in [0.25, 0.3) is 5.82 Å². The fraction of sp³-hybridized carbons (Fsp3) is 0.579. The summed E-state index contributed by atoms with van der Waals surface area (Å²) in [6.45, 7) is 13.6. The molecule has 1 atom stereocenters. The molecule has 0 unspecified atom stereocenters. The highest BCUT2D eigenvalue weighted by atomic mass is 16.6. The highest BCUT2D eigenvalue weighted by Gasteiger charge is 2.31. The first kappa shape index (κ1) is 19.1. The molecule has 2 aromatic heterocycles. The molecule has 1 amide bonds. The summed E-state index contributed by atoms with van der Waals surface area (Å²) in [4.78, 5) is 25.4. The third-order valence-corrected chi connectivity index (χ3v) is 4.42. The number of amides is 1. The normalized spacial score (nSPS) is 17.9. The number of piperazine rings is 1. The molecule has 1 fully saturated rings. The van der Waals surface area contributed by atoms with Crippen molar-refractivity contribution < 1.29 is 9.53 Å². The SMILES string of the molecule is Cc1cc(C)n(-c2cncc(N3CCN(C(=O)OC(C)(C)C)[C@H](C)C3)n2)n1. The predicted molar refractivity (Wildman–Crippen MR) is 103 cm³/mol. The van der Waals surface area contributed by atoms with Gasteiger partial charge in [-0.25, -0.2) is 14.5 Å². The second kappa shape index (κ2) is 7.17. The fourth-order valence-corrected chi connectivity index (χ4v) is 3.22. The summed E-state index contributed by atoms with van der Waals surface area (Å²) >= 11 is 0. The Bertz CT molecular complexity index is 826. The zero-order chi connectivity index (χ0) is 19.8. The molecule has 0 spiro atoms. The molecule has 0 saturated carbocycles. The number of carbonyl (C=O) groups is 1. The third-order valence-electron chi connectivity index (χ3n) is 4.42. The Hall–Kier alpha value is -2.64. The maximum Gasteiger partial charge on any atom is 0.410 e. The smallest absolute Gasteiger partial charge is 0.410 e. The van der Waals surface area contributed by atoms with Gasteiger partial charge in [-0.3, -0.25) is 4.98 Å². The standard InChI is InChI=1S/C19H28N6O2/c1-13-9-14(2)25(22-13)17-11-20-10-16(21-17)23-7-8-24(15(3)12-23)18(26)27-19(4,5)6/h9-11,15H,7-8,12H2,1-6H3/t15-/m1/s1. The first-order valence-corrected chi connectivity index (χ1v) is 9.24. The molecule has 8 nitrogen and oxygen atoms in total.